The number of nitrogens with one attached hydrogen (secondary N) is 1. The number of carbonyl (C=O) groups is 1. The van der Waals surface area contributed by atoms with Gasteiger partial charge in [-0.2, -0.15) is 0 Å². The third-order valence-electron chi connectivity index (χ3n) is 3.82. The molecule has 1 amide bonds. The molecule has 0 spiro atoms. The van der Waals surface area contributed by atoms with Crippen molar-refractivity contribution in [1.82, 2.24) is 10.2 Å². The Hall–Kier alpha value is -0.570. The minimum Gasteiger partial charge on any atom is -0.355 e. The highest BCUT2D eigenvalue weighted by atomic mass is 16.2. The lowest BCUT2D eigenvalue weighted by Crippen LogP contribution is -2.43. The predicted molar refractivity (Wildman–Crippen MR) is 88.0 cm³/mol. The van der Waals surface area contributed by atoms with Gasteiger partial charge >= 0.3 is 0 Å². The van der Waals surface area contributed by atoms with E-state index in [0.717, 1.165) is 25.8 Å². The van der Waals surface area contributed by atoms with E-state index in [-0.39, 0.29) is 11.9 Å². The van der Waals surface area contributed by atoms with Gasteiger partial charge in [-0.3, -0.25) is 9.69 Å². The summed E-state index contributed by atoms with van der Waals surface area (Å²) < 4.78 is 0. The van der Waals surface area contributed by atoms with Gasteiger partial charge in [0, 0.05) is 6.54 Å². The number of likely N-dealkylation sites (N-methyl/N-ethyl adjacent to an activating group) is 1. The summed E-state index contributed by atoms with van der Waals surface area (Å²) >= 11 is 0. The highest BCUT2D eigenvalue weighted by Gasteiger charge is 2.18. The molecule has 0 saturated heterocycles. The molecule has 0 rings (SSSR count). The first-order valence-electron chi connectivity index (χ1n) is 8.57. The molecule has 3 heteroatoms. The monoisotopic (exact) mass is 284 g/mol. The van der Waals surface area contributed by atoms with E-state index in [2.05, 4.69) is 19.2 Å². The van der Waals surface area contributed by atoms with Crippen molar-refractivity contribution in [3.8, 4) is 0 Å². The molecular formula is C17H36N2O. The number of unbranched alkanes of at least 4 members (excludes halogenated alkanes) is 7. The molecule has 0 aliphatic carbocycles. The summed E-state index contributed by atoms with van der Waals surface area (Å²) in [5.41, 5.74) is 0. The summed E-state index contributed by atoms with van der Waals surface area (Å²) in [6, 6.07) is 0.0362. The quantitative estimate of drug-likeness (QED) is 0.519. The maximum atomic E-state index is 12.0. The molecule has 0 fully saturated rings. The molecule has 1 unspecified atom stereocenters. The predicted octanol–water partition coefficient (Wildman–Crippen LogP) is 3.97. The molecule has 0 radical (unpaired) electrons. The summed E-state index contributed by atoms with van der Waals surface area (Å²) in [6.45, 7) is 5.21. The van der Waals surface area contributed by atoms with Crippen molar-refractivity contribution in [1.29, 1.82) is 0 Å². The third kappa shape index (κ3) is 10.2. The largest absolute Gasteiger partial charge is 0.355 e. The highest BCUT2D eigenvalue weighted by molar-refractivity contribution is 5.81. The summed E-state index contributed by atoms with van der Waals surface area (Å²) in [6.07, 6.45) is 12.5. The molecular weight excluding hydrogens is 248 g/mol. The van der Waals surface area contributed by atoms with Gasteiger partial charge in [0.15, 0.2) is 0 Å². The van der Waals surface area contributed by atoms with Crippen LogP contribution in [0.2, 0.25) is 0 Å². The average molecular weight is 284 g/mol. The lowest BCUT2D eigenvalue weighted by molar-refractivity contribution is -0.125. The molecule has 0 aliphatic rings. The van der Waals surface area contributed by atoms with Crippen LogP contribution in [-0.4, -0.2) is 37.5 Å². The van der Waals surface area contributed by atoms with Crippen LogP contribution in [0.15, 0.2) is 0 Å². The van der Waals surface area contributed by atoms with E-state index in [9.17, 15) is 4.79 Å². The lowest BCUT2D eigenvalue weighted by Gasteiger charge is -2.22. The number of hydrogen-bond acceptors (Lipinski definition) is 2. The van der Waals surface area contributed by atoms with Crippen LogP contribution in [0.1, 0.15) is 78.1 Å². The van der Waals surface area contributed by atoms with E-state index in [1.165, 1.54) is 44.9 Å². The van der Waals surface area contributed by atoms with Crippen LogP contribution in [0.4, 0.5) is 0 Å². The summed E-state index contributed by atoms with van der Waals surface area (Å²) in [5, 5.41) is 3.08. The molecule has 0 aliphatic heterocycles. The van der Waals surface area contributed by atoms with Gasteiger partial charge in [-0.05, 0) is 26.9 Å². The average Bonchev–Trinajstić information content (AvgIpc) is 2.42. The van der Waals surface area contributed by atoms with Gasteiger partial charge < -0.3 is 5.32 Å². The number of hydrogen-bond donors (Lipinski definition) is 1. The Balaban J connectivity index is 3.51. The van der Waals surface area contributed by atoms with E-state index in [1.54, 1.807) is 0 Å². The van der Waals surface area contributed by atoms with Crippen molar-refractivity contribution < 1.29 is 4.79 Å². The van der Waals surface area contributed by atoms with Crippen molar-refractivity contribution in [3.05, 3.63) is 0 Å². The molecule has 0 aromatic heterocycles. The van der Waals surface area contributed by atoms with Gasteiger partial charge in [-0.1, -0.05) is 65.2 Å². The molecule has 0 bridgehead atoms. The number of nitrogens with zero attached hydrogens (tertiary/aromatic N) is 1. The van der Waals surface area contributed by atoms with Crippen LogP contribution in [0.3, 0.4) is 0 Å². The molecule has 3 nitrogen and oxygen atoms in total. The Labute approximate surface area is 126 Å². The van der Waals surface area contributed by atoms with Crippen molar-refractivity contribution in [2.75, 3.05) is 20.6 Å². The van der Waals surface area contributed by atoms with E-state index < -0.39 is 0 Å². The van der Waals surface area contributed by atoms with E-state index in [4.69, 9.17) is 0 Å². The first kappa shape index (κ1) is 19.4. The molecule has 0 saturated carbocycles. The van der Waals surface area contributed by atoms with E-state index in [1.807, 2.05) is 19.0 Å². The topological polar surface area (TPSA) is 32.3 Å². The number of carbonyl (C=O) groups excluding carboxylic acids is 1. The molecule has 1 atom stereocenters. The third-order valence-corrected chi connectivity index (χ3v) is 3.82. The Morgan fingerprint density at radius 3 is 1.95 bits per heavy atom. The zero-order chi connectivity index (χ0) is 15.2. The fraction of sp³-hybridized carbons (Fsp3) is 0.941. The normalized spacial score (nSPS) is 12.7. The second-order valence-electron chi connectivity index (χ2n) is 6.03. The molecule has 0 heterocycles. The number of amides is 1. The highest BCUT2D eigenvalue weighted by Crippen LogP contribution is 2.08. The minimum atomic E-state index is 0.0362. The minimum absolute atomic E-state index is 0.0362. The van der Waals surface area contributed by atoms with Crippen LogP contribution >= 0.6 is 0 Å². The molecule has 20 heavy (non-hydrogen) atoms. The van der Waals surface area contributed by atoms with E-state index in [0.29, 0.717) is 0 Å². The molecule has 0 aromatic rings. The maximum absolute atomic E-state index is 12.0. The van der Waals surface area contributed by atoms with Crippen LogP contribution in [0.25, 0.3) is 0 Å². The van der Waals surface area contributed by atoms with Gasteiger partial charge in [0.05, 0.1) is 6.04 Å². The van der Waals surface area contributed by atoms with Gasteiger partial charge in [0.2, 0.25) is 5.91 Å². The fourth-order valence-corrected chi connectivity index (χ4v) is 2.49. The first-order chi connectivity index (χ1) is 9.63. The van der Waals surface area contributed by atoms with Crippen molar-refractivity contribution >= 4 is 5.91 Å². The van der Waals surface area contributed by atoms with Crippen molar-refractivity contribution in [2.45, 2.75) is 84.1 Å². The smallest absolute Gasteiger partial charge is 0.237 e. The van der Waals surface area contributed by atoms with Crippen LogP contribution in [0.5, 0.6) is 0 Å². The van der Waals surface area contributed by atoms with Crippen LogP contribution in [0, 0.1) is 0 Å². The Bertz CT molecular complexity index is 229. The van der Waals surface area contributed by atoms with Crippen molar-refractivity contribution in [3.63, 3.8) is 0 Å². The summed E-state index contributed by atoms with van der Waals surface area (Å²) in [5.74, 6) is 0.194. The summed E-state index contributed by atoms with van der Waals surface area (Å²) in [7, 11) is 3.96. The fourth-order valence-electron chi connectivity index (χ4n) is 2.49. The van der Waals surface area contributed by atoms with Gasteiger partial charge in [0.1, 0.15) is 0 Å². The number of rotatable bonds is 13. The summed E-state index contributed by atoms with van der Waals surface area (Å²) in [4.78, 5) is 14.0. The van der Waals surface area contributed by atoms with Gasteiger partial charge in [-0.25, -0.2) is 0 Å². The first-order valence-corrected chi connectivity index (χ1v) is 8.57. The SMILES string of the molecule is CCCCCCCCCCNC(=O)C(CCC)N(C)C. The second kappa shape index (κ2) is 13.4. The zero-order valence-corrected chi connectivity index (χ0v) is 14.2. The standard InChI is InChI=1S/C17H36N2O/c1-5-7-8-9-10-11-12-13-15-18-17(20)16(14-6-2)19(3)4/h16H,5-15H2,1-4H3,(H,18,20). The second-order valence-corrected chi connectivity index (χ2v) is 6.03. The van der Waals surface area contributed by atoms with Crippen LogP contribution < -0.4 is 5.32 Å². The molecule has 0 aromatic carbocycles. The molecule has 120 valence electrons. The van der Waals surface area contributed by atoms with E-state index >= 15 is 0 Å². The maximum Gasteiger partial charge on any atom is 0.237 e. The lowest BCUT2D eigenvalue weighted by atomic mass is 10.1. The van der Waals surface area contributed by atoms with Gasteiger partial charge in [-0.15, -0.1) is 0 Å². The Kier molecular flexibility index (Phi) is 13.0. The Morgan fingerprint density at radius 1 is 0.900 bits per heavy atom. The van der Waals surface area contributed by atoms with Crippen molar-refractivity contribution in [2.24, 2.45) is 0 Å². The molecule has 1 N–H and O–H groups in total. The Morgan fingerprint density at radius 2 is 1.45 bits per heavy atom. The van der Waals surface area contributed by atoms with Gasteiger partial charge in [0.25, 0.3) is 0 Å². The van der Waals surface area contributed by atoms with Crippen LogP contribution in [-0.2, 0) is 4.79 Å². The zero-order valence-electron chi connectivity index (χ0n) is 14.2.